The summed E-state index contributed by atoms with van der Waals surface area (Å²) >= 11 is 0. The summed E-state index contributed by atoms with van der Waals surface area (Å²) in [6.45, 7) is 8.69. The average molecular weight is 572 g/mol. The van der Waals surface area contributed by atoms with E-state index in [2.05, 4.69) is 27.2 Å². The molecule has 0 aliphatic rings. The molecule has 40 heavy (non-hydrogen) atoms. The van der Waals surface area contributed by atoms with Gasteiger partial charge in [0, 0.05) is 26.2 Å². The number of carbonyl (C=O) groups is 1. The number of sulfonamides is 1. The Morgan fingerprint density at radius 1 is 1.07 bits per heavy atom. The van der Waals surface area contributed by atoms with Crippen LogP contribution < -0.4 is 5.32 Å². The van der Waals surface area contributed by atoms with E-state index >= 15 is 0 Å². The smallest absolute Gasteiger partial charge is 0.407 e. The van der Waals surface area contributed by atoms with Gasteiger partial charge in [-0.25, -0.2) is 18.2 Å². The summed E-state index contributed by atoms with van der Waals surface area (Å²) in [5, 5.41) is 2.79. The Kier molecular flexibility index (Phi) is 11.9. The molecule has 9 nitrogen and oxygen atoms in total. The summed E-state index contributed by atoms with van der Waals surface area (Å²) in [7, 11) is -2.24. The average Bonchev–Trinajstić information content (AvgIpc) is 3.31. The van der Waals surface area contributed by atoms with Crippen LogP contribution in [0.3, 0.4) is 0 Å². The molecule has 0 aliphatic carbocycles. The lowest BCUT2D eigenvalue weighted by Gasteiger charge is -2.28. The molecule has 0 bridgehead atoms. The third-order valence-electron chi connectivity index (χ3n) is 7.03. The van der Waals surface area contributed by atoms with Gasteiger partial charge in [-0.1, -0.05) is 65.0 Å². The number of likely N-dealkylation sites (N-methyl/N-ethyl adjacent to an activating group) is 1. The number of benzene rings is 1. The number of unbranched alkanes of at least 4 members (excludes halogenated alkanes) is 5. The highest BCUT2D eigenvalue weighted by molar-refractivity contribution is 7.89. The van der Waals surface area contributed by atoms with Crippen molar-refractivity contribution in [2.24, 2.45) is 5.92 Å². The van der Waals surface area contributed by atoms with E-state index in [0.717, 1.165) is 41.0 Å². The minimum atomic E-state index is -3.80. The number of carbonyl (C=O) groups excluding carboxylic acids is 1. The highest BCUT2D eigenvalue weighted by Crippen LogP contribution is 2.23. The van der Waals surface area contributed by atoms with Crippen LogP contribution >= 0.6 is 0 Å². The monoisotopic (exact) mass is 571 g/mol. The molecule has 3 rings (SSSR count). The van der Waals surface area contributed by atoms with E-state index in [9.17, 15) is 13.2 Å². The van der Waals surface area contributed by atoms with Gasteiger partial charge in [0.15, 0.2) is 0 Å². The van der Waals surface area contributed by atoms with Crippen molar-refractivity contribution in [3.63, 3.8) is 0 Å². The second-order valence-electron chi connectivity index (χ2n) is 10.9. The summed E-state index contributed by atoms with van der Waals surface area (Å²) in [5.41, 5.74) is 3.52. The molecule has 0 saturated heterocycles. The Morgan fingerprint density at radius 2 is 1.77 bits per heavy atom. The molecule has 2 heterocycles. The molecule has 2 N–H and O–H groups in total. The van der Waals surface area contributed by atoms with Crippen LogP contribution in [0, 0.1) is 12.8 Å². The van der Waals surface area contributed by atoms with Gasteiger partial charge in [-0.15, -0.1) is 0 Å². The van der Waals surface area contributed by atoms with E-state index in [-0.39, 0.29) is 17.4 Å². The molecule has 1 atom stereocenters. The predicted octanol–water partition coefficient (Wildman–Crippen LogP) is 5.98. The number of aromatic amines is 1. The SMILES string of the molecule is CCCCCCCCNC(=O)OC[C@H](CC(C)C)N(C)S(=O)(=O)c1ccc(Cc2nccc3[nH]c(C)nc23)cc1. The van der Waals surface area contributed by atoms with E-state index < -0.39 is 22.2 Å². The summed E-state index contributed by atoms with van der Waals surface area (Å²) in [5.74, 6) is 1.05. The number of nitrogens with one attached hydrogen (secondary N) is 2. The van der Waals surface area contributed by atoms with E-state index in [0.29, 0.717) is 19.4 Å². The quantitative estimate of drug-likeness (QED) is 0.204. The Balaban J connectivity index is 1.59. The van der Waals surface area contributed by atoms with Gasteiger partial charge in [0.1, 0.15) is 17.9 Å². The molecule has 0 fully saturated rings. The van der Waals surface area contributed by atoms with Gasteiger partial charge < -0.3 is 15.0 Å². The van der Waals surface area contributed by atoms with Crippen molar-refractivity contribution in [3.8, 4) is 0 Å². The number of hydrogen-bond acceptors (Lipinski definition) is 6. The fraction of sp³-hybridized carbons (Fsp3) is 0.567. The maximum Gasteiger partial charge on any atom is 0.407 e. The molecule has 0 aliphatic heterocycles. The first-order chi connectivity index (χ1) is 19.1. The van der Waals surface area contributed by atoms with Crippen LogP contribution in [0.25, 0.3) is 11.0 Å². The van der Waals surface area contributed by atoms with Crippen molar-refractivity contribution in [1.82, 2.24) is 24.6 Å². The second kappa shape index (κ2) is 15.1. The lowest BCUT2D eigenvalue weighted by molar-refractivity contribution is 0.115. The van der Waals surface area contributed by atoms with Crippen LogP contribution in [0.4, 0.5) is 4.79 Å². The minimum Gasteiger partial charge on any atom is -0.448 e. The molecule has 0 unspecified atom stereocenters. The Morgan fingerprint density at radius 3 is 2.48 bits per heavy atom. The molecule has 10 heteroatoms. The summed E-state index contributed by atoms with van der Waals surface area (Å²) < 4.78 is 33.8. The summed E-state index contributed by atoms with van der Waals surface area (Å²) in [6.07, 6.45) is 9.17. The second-order valence-corrected chi connectivity index (χ2v) is 12.9. The van der Waals surface area contributed by atoms with Crippen LogP contribution in [0.1, 0.15) is 82.8 Å². The maximum atomic E-state index is 13.5. The van der Waals surface area contributed by atoms with Gasteiger partial charge >= 0.3 is 6.09 Å². The Bertz CT molecular complexity index is 1320. The van der Waals surface area contributed by atoms with Gasteiger partial charge in [0.05, 0.1) is 22.1 Å². The van der Waals surface area contributed by atoms with Gasteiger partial charge in [0.2, 0.25) is 10.0 Å². The highest BCUT2D eigenvalue weighted by Gasteiger charge is 2.29. The van der Waals surface area contributed by atoms with E-state index in [4.69, 9.17) is 4.74 Å². The number of nitrogens with zero attached hydrogens (tertiary/aromatic N) is 3. The molecule has 220 valence electrons. The number of ether oxygens (including phenoxy) is 1. The first-order valence-corrected chi connectivity index (χ1v) is 15.8. The largest absolute Gasteiger partial charge is 0.448 e. The minimum absolute atomic E-state index is 0.00686. The van der Waals surface area contributed by atoms with Crippen molar-refractivity contribution in [2.75, 3.05) is 20.2 Å². The lowest BCUT2D eigenvalue weighted by Crippen LogP contribution is -2.42. The zero-order valence-electron chi connectivity index (χ0n) is 24.6. The van der Waals surface area contributed by atoms with E-state index in [1.165, 1.54) is 30.0 Å². The number of hydrogen-bond donors (Lipinski definition) is 2. The number of aryl methyl sites for hydroxylation is 1. The molecule has 1 amide bonds. The fourth-order valence-electron chi connectivity index (χ4n) is 4.76. The topological polar surface area (TPSA) is 117 Å². The number of H-pyrrole nitrogens is 1. The predicted molar refractivity (Wildman–Crippen MR) is 159 cm³/mol. The highest BCUT2D eigenvalue weighted by atomic mass is 32.2. The molecule has 0 saturated carbocycles. The van der Waals surface area contributed by atoms with Crippen molar-refractivity contribution in [2.45, 2.75) is 90.0 Å². The van der Waals surface area contributed by atoms with Gasteiger partial charge in [-0.3, -0.25) is 4.98 Å². The zero-order chi connectivity index (χ0) is 29.1. The third-order valence-corrected chi connectivity index (χ3v) is 8.96. The molecule has 1 aromatic carbocycles. The van der Waals surface area contributed by atoms with Gasteiger partial charge in [-0.2, -0.15) is 4.31 Å². The van der Waals surface area contributed by atoms with Gasteiger partial charge in [0.25, 0.3) is 0 Å². The number of alkyl carbamates (subject to hydrolysis) is 1. The number of amides is 1. The van der Waals surface area contributed by atoms with Crippen LogP contribution in [-0.4, -0.2) is 60.0 Å². The van der Waals surface area contributed by atoms with Crippen molar-refractivity contribution in [3.05, 3.63) is 53.6 Å². The van der Waals surface area contributed by atoms with Crippen molar-refractivity contribution in [1.29, 1.82) is 0 Å². The van der Waals surface area contributed by atoms with Crippen molar-refractivity contribution < 1.29 is 17.9 Å². The number of rotatable bonds is 16. The molecular formula is C30H45N5O4S. The van der Waals surface area contributed by atoms with Crippen LogP contribution in [0.15, 0.2) is 41.4 Å². The molecule has 0 radical (unpaired) electrons. The first kappa shape index (κ1) is 31.5. The number of imidazole rings is 1. The normalized spacial score (nSPS) is 12.8. The van der Waals surface area contributed by atoms with Crippen LogP contribution in [0.2, 0.25) is 0 Å². The Labute approximate surface area is 239 Å². The van der Waals surface area contributed by atoms with E-state index in [1.54, 1.807) is 25.4 Å². The summed E-state index contributed by atoms with van der Waals surface area (Å²) in [4.78, 5) is 24.7. The third kappa shape index (κ3) is 9.02. The van der Waals surface area contributed by atoms with Crippen LogP contribution in [0.5, 0.6) is 0 Å². The molecule has 3 aromatic rings. The summed E-state index contributed by atoms with van der Waals surface area (Å²) in [6, 6.07) is 8.28. The standard InChI is InChI=1S/C30H45N5O4S/c1-6-7-8-9-10-11-17-32-30(36)39-21-25(19-22(2)3)35(5)40(37,38)26-14-12-24(13-15-26)20-28-29-27(16-18-31-28)33-23(4)34-29/h12-16,18,22,25H,6-11,17,19-21H2,1-5H3,(H,32,36)(H,33,34)/t25-/m0/s1. The van der Waals surface area contributed by atoms with E-state index in [1.807, 2.05) is 39.0 Å². The molecule has 2 aromatic heterocycles. The van der Waals surface area contributed by atoms with Crippen molar-refractivity contribution >= 4 is 27.1 Å². The van der Waals surface area contributed by atoms with Gasteiger partial charge in [-0.05, 0) is 49.4 Å². The maximum absolute atomic E-state index is 13.5. The first-order valence-electron chi connectivity index (χ1n) is 14.4. The zero-order valence-corrected chi connectivity index (χ0v) is 25.4. The fourth-order valence-corrected chi connectivity index (χ4v) is 6.11. The van der Waals surface area contributed by atoms with Crippen LogP contribution in [-0.2, 0) is 21.2 Å². The Hall–Kier alpha value is -2.98. The number of aromatic nitrogens is 3. The molecule has 0 spiro atoms. The lowest BCUT2D eigenvalue weighted by atomic mass is 10.0. The number of fused-ring (bicyclic) bond motifs is 1. The molecular weight excluding hydrogens is 526 g/mol. The number of pyridine rings is 1.